The molecule has 1 fully saturated rings. The van der Waals surface area contributed by atoms with Crippen LogP contribution in [0.3, 0.4) is 0 Å². The van der Waals surface area contributed by atoms with Crippen molar-refractivity contribution in [3.63, 3.8) is 0 Å². The van der Waals surface area contributed by atoms with E-state index in [2.05, 4.69) is 10.6 Å². The molecule has 0 saturated carbocycles. The summed E-state index contributed by atoms with van der Waals surface area (Å²) in [4.78, 5) is 40.6. The van der Waals surface area contributed by atoms with Crippen molar-refractivity contribution in [3.05, 3.63) is 72.1 Å². The number of methoxy groups -OCH3 is 1. The maximum absolute atomic E-state index is 13.5. The van der Waals surface area contributed by atoms with E-state index in [-0.39, 0.29) is 30.3 Å². The molecule has 1 aromatic heterocycles. The maximum Gasteiger partial charge on any atom is 0.268 e. The Morgan fingerprint density at radius 3 is 2.55 bits per heavy atom. The van der Waals surface area contributed by atoms with E-state index in [1.54, 1.807) is 54.1 Å². The molecule has 0 spiro atoms. The Morgan fingerprint density at radius 1 is 1.09 bits per heavy atom. The van der Waals surface area contributed by atoms with E-state index in [4.69, 9.17) is 4.74 Å². The molecule has 3 heterocycles. The lowest BCUT2D eigenvalue weighted by Crippen LogP contribution is -2.41. The van der Waals surface area contributed by atoms with E-state index in [9.17, 15) is 14.4 Å². The van der Waals surface area contributed by atoms with Gasteiger partial charge < -0.3 is 24.8 Å². The molecule has 8 nitrogen and oxygen atoms in total. The van der Waals surface area contributed by atoms with Crippen LogP contribution in [0.1, 0.15) is 27.3 Å². The highest BCUT2D eigenvalue weighted by molar-refractivity contribution is 6.11. The smallest absolute Gasteiger partial charge is 0.268 e. The highest BCUT2D eigenvalue weighted by Gasteiger charge is 2.43. The zero-order valence-electron chi connectivity index (χ0n) is 18.4. The molecular weight excluding hydrogens is 420 g/mol. The van der Waals surface area contributed by atoms with Gasteiger partial charge in [-0.15, -0.1) is 0 Å². The molecule has 0 bridgehead atoms. The van der Waals surface area contributed by atoms with Gasteiger partial charge in [0.05, 0.1) is 18.4 Å². The standard InChI is InChI=1S/C25H24N4O4/c1-28-11-3-4-21(28)23(30)26-17-13-22-24(31)27-20-10-7-16(12-19(20)25(32)29(22)14-17)15-5-8-18(33-2)9-6-15/h3-12,17,22H,13-14H2,1-2H3,(H,26,30)(H,27,31)/t17-,22-/m0/s1. The number of aryl methyl sites for hydroxylation is 1. The number of carbonyl (C=O) groups excluding carboxylic acids is 3. The summed E-state index contributed by atoms with van der Waals surface area (Å²) in [6.45, 7) is 0.277. The van der Waals surface area contributed by atoms with Crippen molar-refractivity contribution < 1.29 is 19.1 Å². The second-order valence-electron chi connectivity index (χ2n) is 8.36. The van der Waals surface area contributed by atoms with Crippen molar-refractivity contribution >= 4 is 23.4 Å². The number of ether oxygens (including phenoxy) is 1. The van der Waals surface area contributed by atoms with Crippen molar-refractivity contribution in [2.75, 3.05) is 19.0 Å². The number of hydrogen-bond acceptors (Lipinski definition) is 4. The normalized spacial score (nSPS) is 19.4. The zero-order valence-corrected chi connectivity index (χ0v) is 18.4. The van der Waals surface area contributed by atoms with Crippen LogP contribution < -0.4 is 15.4 Å². The van der Waals surface area contributed by atoms with Gasteiger partial charge in [0.1, 0.15) is 17.5 Å². The number of hydrogen-bond donors (Lipinski definition) is 2. The molecule has 168 valence electrons. The fraction of sp³-hybridized carbons (Fsp3) is 0.240. The summed E-state index contributed by atoms with van der Waals surface area (Å²) in [6, 6.07) is 15.6. The number of anilines is 1. The highest BCUT2D eigenvalue weighted by atomic mass is 16.5. The molecule has 2 aromatic carbocycles. The van der Waals surface area contributed by atoms with E-state index < -0.39 is 6.04 Å². The topological polar surface area (TPSA) is 92.7 Å². The Labute approximate surface area is 191 Å². The number of rotatable bonds is 4. The van der Waals surface area contributed by atoms with Crippen LogP contribution in [0.2, 0.25) is 0 Å². The summed E-state index contributed by atoms with van der Waals surface area (Å²) in [6.07, 6.45) is 2.17. The van der Waals surface area contributed by atoms with Gasteiger partial charge in [-0.05, 0) is 53.9 Å². The third-order valence-electron chi connectivity index (χ3n) is 6.31. The number of nitrogens with one attached hydrogen (secondary N) is 2. The van der Waals surface area contributed by atoms with Gasteiger partial charge in [-0.1, -0.05) is 18.2 Å². The molecule has 2 atom stereocenters. The van der Waals surface area contributed by atoms with Crippen LogP contribution in [0, 0.1) is 0 Å². The van der Waals surface area contributed by atoms with Crippen LogP contribution in [-0.4, -0.2) is 52.9 Å². The average Bonchev–Trinajstić information content (AvgIpc) is 3.43. The van der Waals surface area contributed by atoms with Crippen LogP contribution >= 0.6 is 0 Å². The molecule has 3 aromatic rings. The molecule has 2 aliphatic heterocycles. The van der Waals surface area contributed by atoms with Gasteiger partial charge in [0.25, 0.3) is 11.8 Å². The first-order chi connectivity index (χ1) is 15.9. The first-order valence-corrected chi connectivity index (χ1v) is 10.8. The molecule has 0 aliphatic carbocycles. The summed E-state index contributed by atoms with van der Waals surface area (Å²) in [7, 11) is 3.41. The fourth-order valence-electron chi connectivity index (χ4n) is 4.53. The third kappa shape index (κ3) is 3.73. The van der Waals surface area contributed by atoms with Gasteiger partial charge in [-0.25, -0.2) is 0 Å². The van der Waals surface area contributed by atoms with Gasteiger partial charge >= 0.3 is 0 Å². The Balaban J connectivity index is 1.40. The molecule has 3 amide bonds. The number of fused-ring (bicyclic) bond motifs is 2. The lowest BCUT2D eigenvalue weighted by molar-refractivity contribution is -0.119. The van der Waals surface area contributed by atoms with Gasteiger partial charge in [0.2, 0.25) is 5.91 Å². The zero-order chi connectivity index (χ0) is 23.1. The van der Waals surface area contributed by atoms with Gasteiger partial charge in [-0.3, -0.25) is 14.4 Å². The van der Waals surface area contributed by atoms with E-state index >= 15 is 0 Å². The Hall–Kier alpha value is -4.07. The second kappa shape index (κ2) is 8.12. The molecule has 5 rings (SSSR count). The van der Waals surface area contributed by atoms with E-state index in [0.29, 0.717) is 23.4 Å². The van der Waals surface area contributed by atoms with Gasteiger partial charge in [0.15, 0.2) is 0 Å². The van der Waals surface area contributed by atoms with Crippen LogP contribution in [0.15, 0.2) is 60.8 Å². The SMILES string of the molecule is COc1ccc(-c2ccc3c(c2)C(=O)N2C[C@@H](NC(=O)c4cccn4C)C[C@H]2C(=O)N3)cc1. The second-order valence-corrected chi connectivity index (χ2v) is 8.36. The molecule has 0 unspecified atom stereocenters. The molecule has 2 N–H and O–H groups in total. The monoisotopic (exact) mass is 444 g/mol. The van der Waals surface area contributed by atoms with Crippen molar-refractivity contribution in [1.82, 2.24) is 14.8 Å². The maximum atomic E-state index is 13.5. The van der Waals surface area contributed by atoms with Crippen molar-refractivity contribution in [1.29, 1.82) is 0 Å². The summed E-state index contributed by atoms with van der Waals surface area (Å²) in [5, 5.41) is 5.86. The molecular formula is C25H24N4O4. The quantitative estimate of drug-likeness (QED) is 0.647. The van der Waals surface area contributed by atoms with Crippen LogP contribution in [0.5, 0.6) is 5.75 Å². The largest absolute Gasteiger partial charge is 0.497 e. The minimum absolute atomic E-state index is 0.222. The molecule has 1 saturated heterocycles. The van der Waals surface area contributed by atoms with Crippen LogP contribution in [-0.2, 0) is 11.8 Å². The Bertz CT molecular complexity index is 1250. The van der Waals surface area contributed by atoms with E-state index in [1.165, 1.54) is 0 Å². The van der Waals surface area contributed by atoms with E-state index in [0.717, 1.165) is 16.9 Å². The summed E-state index contributed by atoms with van der Waals surface area (Å²) >= 11 is 0. The minimum Gasteiger partial charge on any atom is -0.497 e. The Morgan fingerprint density at radius 2 is 1.85 bits per heavy atom. The van der Waals surface area contributed by atoms with Crippen molar-refractivity contribution in [3.8, 4) is 16.9 Å². The number of aromatic nitrogens is 1. The Kier molecular flexibility index (Phi) is 5.12. The summed E-state index contributed by atoms with van der Waals surface area (Å²) in [5.41, 5.74) is 3.27. The third-order valence-corrected chi connectivity index (χ3v) is 6.31. The van der Waals surface area contributed by atoms with Crippen LogP contribution in [0.25, 0.3) is 11.1 Å². The van der Waals surface area contributed by atoms with Crippen LogP contribution in [0.4, 0.5) is 5.69 Å². The predicted molar refractivity (Wildman–Crippen MR) is 123 cm³/mol. The molecule has 33 heavy (non-hydrogen) atoms. The first kappa shape index (κ1) is 20.8. The van der Waals surface area contributed by atoms with Gasteiger partial charge in [-0.2, -0.15) is 0 Å². The van der Waals surface area contributed by atoms with Gasteiger partial charge in [0, 0.05) is 25.8 Å². The fourth-order valence-corrected chi connectivity index (χ4v) is 4.53. The molecule has 0 radical (unpaired) electrons. The lowest BCUT2D eigenvalue weighted by atomic mass is 10.0. The van der Waals surface area contributed by atoms with Crippen molar-refractivity contribution in [2.24, 2.45) is 7.05 Å². The average molecular weight is 444 g/mol. The minimum atomic E-state index is -0.631. The first-order valence-electron chi connectivity index (χ1n) is 10.8. The molecule has 2 aliphatic rings. The lowest BCUT2D eigenvalue weighted by Gasteiger charge is -2.20. The van der Waals surface area contributed by atoms with E-state index in [1.807, 2.05) is 30.3 Å². The number of amides is 3. The summed E-state index contributed by atoms with van der Waals surface area (Å²) in [5.74, 6) is 0.0645. The van der Waals surface area contributed by atoms with Crippen molar-refractivity contribution in [2.45, 2.75) is 18.5 Å². The predicted octanol–water partition coefficient (Wildman–Crippen LogP) is 2.67. The highest BCUT2D eigenvalue weighted by Crippen LogP contribution is 2.32. The number of benzene rings is 2. The number of carbonyl (C=O) groups is 3. The summed E-state index contributed by atoms with van der Waals surface area (Å²) < 4.78 is 6.95. The molecule has 8 heteroatoms. The number of nitrogens with zero attached hydrogens (tertiary/aromatic N) is 2.